The Labute approximate surface area is 189 Å². The van der Waals surface area contributed by atoms with Crippen LogP contribution in [0.15, 0.2) is 6.07 Å². The maximum atomic E-state index is 14.9. The van der Waals surface area contributed by atoms with E-state index in [1.54, 1.807) is 6.07 Å². The second-order valence-electron chi connectivity index (χ2n) is 7.99. The first-order valence-electron chi connectivity index (χ1n) is 9.11. The molecule has 2 rings (SSSR count). The number of pyridine rings is 1. The summed E-state index contributed by atoms with van der Waals surface area (Å²) in [6.45, 7) is 11.3. The van der Waals surface area contributed by atoms with E-state index in [9.17, 15) is 4.39 Å². The molecule has 0 bridgehead atoms. The molecular weight excluding hydrogens is 499 g/mol. The summed E-state index contributed by atoms with van der Waals surface area (Å²) in [5, 5.41) is -0.144. The number of halogens is 2. The molecular formula is C18H29CeClFN2O2Si. The average Bonchev–Trinajstić information content (AvgIpc) is 3.05. The number of ether oxygens (including phenoxy) is 1. The summed E-state index contributed by atoms with van der Waals surface area (Å²) in [4.78, 5) is 4.27. The fourth-order valence-electron chi connectivity index (χ4n) is 3.61. The molecule has 1 aliphatic heterocycles. The normalized spacial score (nSPS) is 22.6. The van der Waals surface area contributed by atoms with Gasteiger partial charge in [-0.1, -0.05) is 0 Å². The summed E-state index contributed by atoms with van der Waals surface area (Å²) in [5.74, 6) is -0.517. The number of hydrogen-bond acceptors (Lipinski definition) is 4. The van der Waals surface area contributed by atoms with Gasteiger partial charge in [0.05, 0.1) is 0 Å². The molecule has 4 nitrogen and oxygen atoms in total. The second-order valence-corrected chi connectivity index (χ2v) is 16.5. The van der Waals surface area contributed by atoms with E-state index >= 15 is 0 Å². The molecule has 26 heavy (non-hydrogen) atoms. The molecule has 0 radical (unpaired) electrons. The molecule has 0 aliphatic carbocycles. The van der Waals surface area contributed by atoms with E-state index in [1.807, 2.05) is 13.8 Å². The number of nitrogens with two attached hydrogens (primary N) is 1. The summed E-state index contributed by atoms with van der Waals surface area (Å²) in [5.41, 5.74) is 5.54. The van der Waals surface area contributed by atoms with Crippen molar-refractivity contribution in [3.05, 3.63) is 28.3 Å². The molecule has 0 aromatic carbocycles. The van der Waals surface area contributed by atoms with Gasteiger partial charge in [-0.15, -0.1) is 0 Å². The Morgan fingerprint density at radius 3 is 2.69 bits per heavy atom. The first-order valence-corrected chi connectivity index (χ1v) is 14.3. The minimum atomic E-state index is -1.97. The standard InChI is InChI=1S/C18H29ClFN2O2Si.Ce/c1-6-10-25(4,5)24-17(2,3)13-11-14(22-16(19)15(13)20)18(12-21)8-7-9-23-18;/h10-11H,6-9,12,21H2,1-5H3;. The van der Waals surface area contributed by atoms with Gasteiger partial charge in [0.25, 0.3) is 0 Å². The van der Waals surface area contributed by atoms with Gasteiger partial charge in [-0.3, -0.25) is 0 Å². The van der Waals surface area contributed by atoms with Crippen LogP contribution in [0.4, 0.5) is 4.39 Å². The molecule has 1 saturated heterocycles. The van der Waals surface area contributed by atoms with Crippen LogP contribution >= 0.6 is 11.6 Å². The SMILES string of the molecule is CC[CH]([Ce])[Si](C)(C)OC(C)(C)c1cc(C2(CN)CCCO2)nc(Cl)c1F. The fraction of sp³-hybridized carbons (Fsp3) is 0.722. The number of hydrogen-bond donors (Lipinski definition) is 1. The fourth-order valence-corrected chi connectivity index (χ4v) is 6.91. The van der Waals surface area contributed by atoms with Crippen molar-refractivity contribution in [1.29, 1.82) is 0 Å². The monoisotopic (exact) mass is 527 g/mol. The van der Waals surface area contributed by atoms with Crippen LogP contribution in [0.3, 0.4) is 0 Å². The Hall–Kier alpha value is 0.844. The van der Waals surface area contributed by atoms with Crippen molar-refractivity contribution in [2.75, 3.05) is 13.2 Å². The van der Waals surface area contributed by atoms with Crippen LogP contribution < -0.4 is 5.73 Å². The topological polar surface area (TPSA) is 57.4 Å². The average molecular weight is 528 g/mol. The maximum absolute atomic E-state index is 14.9. The van der Waals surface area contributed by atoms with E-state index in [4.69, 9.17) is 26.5 Å². The molecule has 2 unspecified atom stereocenters. The Kier molecular flexibility index (Phi) is 7.73. The summed E-state index contributed by atoms with van der Waals surface area (Å²) < 4.78 is 28.0. The summed E-state index contributed by atoms with van der Waals surface area (Å²) in [6, 6.07) is 1.75. The van der Waals surface area contributed by atoms with E-state index in [-0.39, 0.29) is 5.15 Å². The van der Waals surface area contributed by atoms with Crippen LogP contribution in [-0.4, -0.2) is 26.5 Å². The molecule has 2 heterocycles. The van der Waals surface area contributed by atoms with Gasteiger partial charge < -0.3 is 0 Å². The van der Waals surface area contributed by atoms with Crippen LogP contribution in [-0.2, 0) is 20.4 Å². The zero-order valence-corrected chi connectivity index (χ0v) is 21.2. The van der Waals surface area contributed by atoms with Crippen LogP contribution in [0.2, 0.25) is 19.3 Å². The Morgan fingerprint density at radius 1 is 1.54 bits per heavy atom. The third-order valence-electron chi connectivity index (χ3n) is 5.23. The predicted octanol–water partition coefficient (Wildman–Crippen LogP) is 4.58. The third-order valence-corrected chi connectivity index (χ3v) is 16.4. The number of nitrogens with zero attached hydrogens (tertiary/aromatic N) is 1. The molecule has 1 aromatic heterocycles. The number of rotatable bonds is 7. The van der Waals surface area contributed by atoms with E-state index < -0.39 is 25.3 Å². The summed E-state index contributed by atoms with van der Waals surface area (Å²) >= 11 is 7.23. The Balaban J connectivity index is 2.48. The van der Waals surface area contributed by atoms with Crippen molar-refractivity contribution in [3.63, 3.8) is 0 Å². The van der Waals surface area contributed by atoms with Gasteiger partial charge in [-0.05, 0) is 0 Å². The summed E-state index contributed by atoms with van der Waals surface area (Å²) in [6.07, 6.45) is 2.76. The molecule has 145 valence electrons. The molecule has 8 heteroatoms. The van der Waals surface area contributed by atoms with Crippen LogP contribution in [0.1, 0.15) is 51.3 Å². The summed E-state index contributed by atoms with van der Waals surface area (Å²) in [7, 11) is -1.97. The van der Waals surface area contributed by atoms with Crippen molar-refractivity contribution < 1.29 is 53.2 Å². The Morgan fingerprint density at radius 2 is 2.19 bits per heavy atom. The third kappa shape index (κ3) is 4.70. The van der Waals surface area contributed by atoms with E-state index in [0.717, 1.165) is 58.9 Å². The van der Waals surface area contributed by atoms with E-state index in [1.165, 1.54) is 0 Å². The van der Waals surface area contributed by atoms with E-state index in [2.05, 4.69) is 25.0 Å². The molecule has 1 fully saturated rings. The van der Waals surface area contributed by atoms with E-state index in [0.29, 0.717) is 25.5 Å². The van der Waals surface area contributed by atoms with Crippen molar-refractivity contribution in [2.45, 2.75) is 65.4 Å². The first-order chi connectivity index (χ1) is 12.0. The van der Waals surface area contributed by atoms with Crippen molar-refractivity contribution in [2.24, 2.45) is 5.73 Å². The zero-order valence-electron chi connectivity index (χ0n) is 16.3. The molecule has 0 amide bonds. The van der Waals surface area contributed by atoms with Crippen molar-refractivity contribution in [1.82, 2.24) is 4.98 Å². The van der Waals surface area contributed by atoms with Crippen molar-refractivity contribution in [3.8, 4) is 0 Å². The molecule has 0 saturated carbocycles. The molecule has 1 aromatic rings. The van der Waals surface area contributed by atoms with Crippen LogP contribution in [0.5, 0.6) is 0 Å². The zero-order chi connectivity index (χ0) is 19.8. The minimum absolute atomic E-state index is 0.144. The van der Waals surface area contributed by atoms with Gasteiger partial charge >= 0.3 is 191 Å². The van der Waals surface area contributed by atoms with Gasteiger partial charge in [-0.25, -0.2) is 0 Å². The number of aromatic nitrogens is 1. The van der Waals surface area contributed by atoms with Gasteiger partial charge in [0, 0.05) is 0 Å². The van der Waals surface area contributed by atoms with Gasteiger partial charge in [-0.2, -0.15) is 0 Å². The second kappa shape index (κ2) is 8.69. The van der Waals surface area contributed by atoms with Crippen LogP contribution in [0.25, 0.3) is 0 Å². The quantitative estimate of drug-likeness (QED) is 0.416. The van der Waals surface area contributed by atoms with Gasteiger partial charge in [0.1, 0.15) is 0 Å². The van der Waals surface area contributed by atoms with Gasteiger partial charge in [0.15, 0.2) is 0 Å². The first kappa shape index (κ1) is 23.1. The molecule has 2 N–H and O–H groups in total. The van der Waals surface area contributed by atoms with Gasteiger partial charge in [0.2, 0.25) is 0 Å². The molecule has 1 aliphatic rings. The molecule has 2 atom stereocenters. The molecule has 0 spiro atoms. The van der Waals surface area contributed by atoms with Crippen LogP contribution in [0, 0.1) is 45.5 Å². The van der Waals surface area contributed by atoms with Crippen molar-refractivity contribution >= 4 is 19.9 Å². The predicted molar refractivity (Wildman–Crippen MR) is 101 cm³/mol. The Bertz CT molecular complexity index is 654.